The van der Waals surface area contributed by atoms with Crippen LogP contribution in [0.25, 0.3) is 17.0 Å². The molecule has 0 N–H and O–H groups in total. The van der Waals surface area contributed by atoms with Crippen LogP contribution in [0.5, 0.6) is 0 Å². The Kier molecular flexibility index (Phi) is 2.36. The zero-order valence-electron chi connectivity index (χ0n) is 8.34. The summed E-state index contributed by atoms with van der Waals surface area (Å²) in [7, 11) is 0. The Balaban J connectivity index is 2.19. The summed E-state index contributed by atoms with van der Waals surface area (Å²) in [4.78, 5) is 4.47. The number of hydrogen-bond donors (Lipinski definition) is 0. The molecule has 0 unspecified atom stereocenters. The van der Waals surface area contributed by atoms with Gasteiger partial charge >= 0.3 is 0 Å². The largest absolute Gasteiger partial charge is 0.219 e. The summed E-state index contributed by atoms with van der Waals surface area (Å²) in [6.07, 6.45) is 1.97. The van der Waals surface area contributed by atoms with Gasteiger partial charge in [-0.15, -0.1) is 5.10 Å². The molecule has 0 radical (unpaired) electrons. The van der Waals surface area contributed by atoms with Crippen LogP contribution in [0.15, 0.2) is 48.7 Å². The minimum absolute atomic E-state index is 0.766. The molecule has 0 aliphatic rings. The molecule has 0 amide bonds. The summed E-state index contributed by atoms with van der Waals surface area (Å²) >= 11 is 2.26. The van der Waals surface area contributed by atoms with Crippen LogP contribution in [0.1, 0.15) is 0 Å². The van der Waals surface area contributed by atoms with Gasteiger partial charge in [0.1, 0.15) is 0 Å². The van der Waals surface area contributed by atoms with Gasteiger partial charge in [0.25, 0.3) is 0 Å². The third-order valence-electron chi connectivity index (χ3n) is 2.33. The van der Waals surface area contributed by atoms with Crippen LogP contribution < -0.4 is 0 Å². The first kappa shape index (κ1) is 9.77. The Morgan fingerprint density at radius 3 is 2.62 bits per heavy atom. The van der Waals surface area contributed by atoms with Crippen LogP contribution in [-0.4, -0.2) is 14.6 Å². The molecule has 4 heteroatoms. The quantitative estimate of drug-likeness (QED) is 0.645. The number of hydrogen-bond acceptors (Lipinski definition) is 2. The fourth-order valence-corrected chi connectivity index (χ4v) is 2.01. The Morgan fingerprint density at radius 2 is 1.81 bits per heavy atom. The van der Waals surface area contributed by atoms with E-state index in [4.69, 9.17) is 0 Å². The maximum atomic E-state index is 4.47. The molecule has 0 spiro atoms. The monoisotopic (exact) mass is 321 g/mol. The molecule has 0 atom stereocenters. The molecular formula is C12H8IN3. The van der Waals surface area contributed by atoms with E-state index in [9.17, 15) is 0 Å². The minimum atomic E-state index is 0.766. The van der Waals surface area contributed by atoms with E-state index < -0.39 is 0 Å². The van der Waals surface area contributed by atoms with Crippen LogP contribution in [-0.2, 0) is 0 Å². The van der Waals surface area contributed by atoms with E-state index in [0.29, 0.717) is 0 Å². The van der Waals surface area contributed by atoms with E-state index in [1.54, 1.807) is 0 Å². The van der Waals surface area contributed by atoms with Crippen molar-refractivity contribution in [2.45, 2.75) is 0 Å². The predicted octanol–water partition coefficient (Wildman–Crippen LogP) is 3.00. The second-order valence-electron chi connectivity index (χ2n) is 3.45. The molecule has 0 saturated heterocycles. The van der Waals surface area contributed by atoms with Crippen molar-refractivity contribution < 1.29 is 0 Å². The predicted molar refractivity (Wildman–Crippen MR) is 71.1 cm³/mol. The summed E-state index contributed by atoms with van der Waals surface area (Å²) < 4.78 is 2.96. The lowest BCUT2D eigenvalue weighted by Crippen LogP contribution is -1.87. The normalized spacial score (nSPS) is 10.8. The average Bonchev–Trinajstić information content (AvgIpc) is 2.73. The van der Waals surface area contributed by atoms with Crippen LogP contribution in [0.3, 0.4) is 0 Å². The van der Waals surface area contributed by atoms with Gasteiger partial charge in [0, 0.05) is 15.3 Å². The highest BCUT2D eigenvalue weighted by molar-refractivity contribution is 14.1. The summed E-state index contributed by atoms with van der Waals surface area (Å²) in [5, 5.41) is 4.44. The maximum Gasteiger partial charge on any atom is 0.182 e. The van der Waals surface area contributed by atoms with Crippen molar-refractivity contribution in [3.8, 4) is 11.4 Å². The Bertz CT molecular complexity index is 631. The Hall–Kier alpha value is -1.43. The van der Waals surface area contributed by atoms with E-state index in [1.165, 1.54) is 0 Å². The van der Waals surface area contributed by atoms with Gasteiger partial charge in [-0.05, 0) is 34.7 Å². The van der Waals surface area contributed by atoms with Crippen LogP contribution >= 0.6 is 22.6 Å². The van der Waals surface area contributed by atoms with Gasteiger partial charge in [0.2, 0.25) is 0 Å². The number of benzene rings is 1. The van der Waals surface area contributed by atoms with Gasteiger partial charge in [-0.1, -0.05) is 30.3 Å². The molecule has 0 aliphatic heterocycles. The van der Waals surface area contributed by atoms with Gasteiger partial charge in [0.15, 0.2) is 11.5 Å². The maximum absolute atomic E-state index is 4.47. The van der Waals surface area contributed by atoms with E-state index >= 15 is 0 Å². The second-order valence-corrected chi connectivity index (χ2v) is 4.70. The van der Waals surface area contributed by atoms with E-state index in [2.05, 4.69) is 32.7 Å². The summed E-state index contributed by atoms with van der Waals surface area (Å²) in [6.45, 7) is 0. The highest BCUT2D eigenvalue weighted by atomic mass is 127. The van der Waals surface area contributed by atoms with Gasteiger partial charge in [-0.2, -0.15) is 0 Å². The molecule has 2 heterocycles. The van der Waals surface area contributed by atoms with Crippen LogP contribution in [0.2, 0.25) is 0 Å². The van der Waals surface area contributed by atoms with Crippen molar-refractivity contribution in [2.24, 2.45) is 0 Å². The molecule has 0 bridgehead atoms. The third kappa shape index (κ3) is 1.69. The highest BCUT2D eigenvalue weighted by Gasteiger charge is 2.05. The zero-order valence-corrected chi connectivity index (χ0v) is 10.5. The van der Waals surface area contributed by atoms with Gasteiger partial charge < -0.3 is 0 Å². The molecule has 1 aromatic carbocycles. The topological polar surface area (TPSA) is 30.2 Å². The van der Waals surface area contributed by atoms with Crippen molar-refractivity contribution in [1.29, 1.82) is 0 Å². The highest BCUT2D eigenvalue weighted by Crippen LogP contribution is 2.16. The molecule has 78 valence electrons. The SMILES string of the molecule is Ic1ccc2nc(-c3ccccc3)nn2c1. The Labute approximate surface area is 106 Å². The van der Waals surface area contributed by atoms with Crippen LogP contribution in [0.4, 0.5) is 0 Å². The van der Waals surface area contributed by atoms with E-state index in [0.717, 1.165) is 20.6 Å². The molecule has 16 heavy (non-hydrogen) atoms. The summed E-state index contributed by atoms with van der Waals surface area (Å²) in [6, 6.07) is 14.0. The fraction of sp³-hybridized carbons (Fsp3) is 0. The van der Waals surface area contributed by atoms with Crippen molar-refractivity contribution in [3.05, 3.63) is 52.2 Å². The molecule has 0 saturated carbocycles. The van der Waals surface area contributed by atoms with Gasteiger partial charge in [0.05, 0.1) is 0 Å². The van der Waals surface area contributed by atoms with Gasteiger partial charge in [-0.3, -0.25) is 0 Å². The number of rotatable bonds is 1. The third-order valence-corrected chi connectivity index (χ3v) is 2.96. The number of pyridine rings is 1. The number of halogens is 1. The minimum Gasteiger partial charge on any atom is -0.219 e. The van der Waals surface area contributed by atoms with Crippen molar-refractivity contribution in [1.82, 2.24) is 14.6 Å². The summed E-state index contributed by atoms with van der Waals surface area (Å²) in [5.41, 5.74) is 1.92. The molecule has 3 aromatic rings. The number of aromatic nitrogens is 3. The zero-order chi connectivity index (χ0) is 11.0. The lowest BCUT2D eigenvalue weighted by molar-refractivity contribution is 0.960. The molecule has 0 fully saturated rings. The van der Waals surface area contributed by atoms with Crippen molar-refractivity contribution in [2.75, 3.05) is 0 Å². The van der Waals surface area contributed by atoms with E-state index in [1.807, 2.05) is 53.2 Å². The van der Waals surface area contributed by atoms with Crippen molar-refractivity contribution in [3.63, 3.8) is 0 Å². The fourth-order valence-electron chi connectivity index (χ4n) is 1.57. The first-order valence-electron chi connectivity index (χ1n) is 4.90. The molecule has 3 rings (SSSR count). The van der Waals surface area contributed by atoms with Gasteiger partial charge in [-0.25, -0.2) is 9.50 Å². The molecule has 0 aliphatic carbocycles. The number of fused-ring (bicyclic) bond motifs is 1. The smallest absolute Gasteiger partial charge is 0.182 e. The lowest BCUT2D eigenvalue weighted by Gasteiger charge is -1.91. The van der Waals surface area contributed by atoms with Crippen molar-refractivity contribution >= 4 is 28.2 Å². The van der Waals surface area contributed by atoms with E-state index in [-0.39, 0.29) is 0 Å². The summed E-state index contributed by atoms with van der Waals surface area (Å²) in [5.74, 6) is 0.766. The second kappa shape index (κ2) is 3.86. The first-order valence-corrected chi connectivity index (χ1v) is 5.98. The molecular weight excluding hydrogens is 313 g/mol. The number of nitrogens with zero attached hydrogens (tertiary/aromatic N) is 3. The first-order chi connectivity index (χ1) is 7.83. The molecule has 3 nitrogen and oxygen atoms in total. The van der Waals surface area contributed by atoms with Crippen LogP contribution in [0, 0.1) is 3.57 Å². The average molecular weight is 321 g/mol. The lowest BCUT2D eigenvalue weighted by atomic mass is 10.2. The standard InChI is InChI=1S/C12H8IN3/c13-10-6-7-11-14-12(15-16(11)8-10)9-4-2-1-3-5-9/h1-8H. The molecule has 2 aromatic heterocycles. The Morgan fingerprint density at radius 1 is 1.00 bits per heavy atom.